The van der Waals surface area contributed by atoms with Crippen LogP contribution in [0, 0.1) is 0 Å². The van der Waals surface area contributed by atoms with Crippen molar-refractivity contribution >= 4 is 11.7 Å². The highest BCUT2D eigenvalue weighted by Gasteiger charge is 2.18. The van der Waals surface area contributed by atoms with E-state index in [1.54, 1.807) is 12.3 Å². The third-order valence-electron chi connectivity index (χ3n) is 4.53. The van der Waals surface area contributed by atoms with Crippen LogP contribution in [0.3, 0.4) is 0 Å². The number of amides is 1. The van der Waals surface area contributed by atoms with E-state index in [4.69, 9.17) is 9.15 Å². The first-order chi connectivity index (χ1) is 13.8. The highest BCUT2D eigenvalue weighted by Crippen LogP contribution is 2.19. The Labute approximate surface area is 163 Å². The zero-order chi connectivity index (χ0) is 19.2. The van der Waals surface area contributed by atoms with Gasteiger partial charge in [0.15, 0.2) is 5.82 Å². The lowest BCUT2D eigenvalue weighted by atomic mass is 10.2. The van der Waals surface area contributed by atoms with Crippen LogP contribution >= 0.6 is 0 Å². The van der Waals surface area contributed by atoms with E-state index in [1.807, 2.05) is 42.5 Å². The molecule has 1 aromatic carbocycles. The van der Waals surface area contributed by atoms with Gasteiger partial charge in [-0.3, -0.25) is 4.79 Å². The summed E-state index contributed by atoms with van der Waals surface area (Å²) in [5.74, 6) is 1.60. The number of benzene rings is 1. The van der Waals surface area contributed by atoms with Crippen molar-refractivity contribution in [2.45, 2.75) is 25.5 Å². The van der Waals surface area contributed by atoms with Gasteiger partial charge in [-0.15, -0.1) is 0 Å². The third kappa shape index (κ3) is 4.55. The molecule has 1 fully saturated rings. The van der Waals surface area contributed by atoms with Crippen molar-refractivity contribution in [1.82, 2.24) is 15.3 Å². The van der Waals surface area contributed by atoms with Gasteiger partial charge in [-0.2, -0.15) is 0 Å². The third-order valence-corrected chi connectivity index (χ3v) is 4.53. The molecule has 1 amide bonds. The molecule has 7 heteroatoms. The number of hydrogen-bond acceptors (Lipinski definition) is 6. The van der Waals surface area contributed by atoms with Crippen molar-refractivity contribution in [3.63, 3.8) is 0 Å². The molecular weight excluding hydrogens is 356 g/mol. The zero-order valence-corrected chi connectivity index (χ0v) is 15.4. The van der Waals surface area contributed by atoms with Crippen molar-refractivity contribution in [2.75, 3.05) is 18.5 Å². The van der Waals surface area contributed by atoms with Crippen LogP contribution < -0.4 is 10.6 Å². The quantitative estimate of drug-likeness (QED) is 0.656. The van der Waals surface area contributed by atoms with Crippen molar-refractivity contribution < 1.29 is 13.9 Å². The fourth-order valence-electron chi connectivity index (χ4n) is 3.06. The Morgan fingerprint density at radius 3 is 2.79 bits per heavy atom. The molecule has 3 heterocycles. The molecule has 0 bridgehead atoms. The average Bonchev–Trinajstić information content (AvgIpc) is 3.45. The molecule has 4 rings (SSSR count). The van der Waals surface area contributed by atoms with E-state index in [9.17, 15) is 4.79 Å². The SMILES string of the molecule is O=C(NCC1CCCO1)c1cc(NCc2ccco2)nc(-c2ccccc2)n1. The molecule has 0 saturated carbocycles. The summed E-state index contributed by atoms with van der Waals surface area (Å²) < 4.78 is 10.9. The molecule has 0 spiro atoms. The normalized spacial score (nSPS) is 16.1. The predicted octanol–water partition coefficient (Wildman–Crippen LogP) is 3.26. The Morgan fingerprint density at radius 2 is 2.04 bits per heavy atom. The number of rotatable bonds is 7. The molecule has 1 aliphatic rings. The minimum Gasteiger partial charge on any atom is -0.467 e. The maximum absolute atomic E-state index is 12.7. The number of carbonyl (C=O) groups is 1. The van der Waals surface area contributed by atoms with Crippen LogP contribution in [0.5, 0.6) is 0 Å². The molecule has 1 saturated heterocycles. The van der Waals surface area contributed by atoms with Gasteiger partial charge in [0.2, 0.25) is 0 Å². The summed E-state index contributed by atoms with van der Waals surface area (Å²) in [6, 6.07) is 15.0. The molecule has 144 valence electrons. The minimum atomic E-state index is -0.240. The first kappa shape index (κ1) is 18.2. The molecule has 1 atom stereocenters. The molecule has 0 radical (unpaired) electrons. The molecule has 2 N–H and O–H groups in total. The number of aromatic nitrogens is 2. The van der Waals surface area contributed by atoms with E-state index in [2.05, 4.69) is 20.6 Å². The highest BCUT2D eigenvalue weighted by atomic mass is 16.5. The Kier molecular flexibility index (Phi) is 5.63. The van der Waals surface area contributed by atoms with Gasteiger partial charge in [0, 0.05) is 24.8 Å². The van der Waals surface area contributed by atoms with Gasteiger partial charge in [0.1, 0.15) is 17.3 Å². The molecular formula is C21H22N4O3. The van der Waals surface area contributed by atoms with Gasteiger partial charge in [-0.25, -0.2) is 9.97 Å². The number of anilines is 1. The lowest BCUT2D eigenvalue weighted by molar-refractivity contribution is 0.0853. The van der Waals surface area contributed by atoms with E-state index in [-0.39, 0.29) is 12.0 Å². The maximum atomic E-state index is 12.7. The lowest BCUT2D eigenvalue weighted by Gasteiger charge is -2.12. The van der Waals surface area contributed by atoms with Crippen LogP contribution in [0.1, 0.15) is 29.1 Å². The van der Waals surface area contributed by atoms with E-state index in [0.717, 1.165) is 30.8 Å². The standard InChI is InChI=1S/C21H22N4O3/c26-21(23-14-17-9-5-11-28-17)18-12-19(22-13-16-8-4-10-27-16)25-20(24-18)15-6-2-1-3-7-15/h1-4,6-8,10,12,17H,5,9,11,13-14H2,(H,23,26)(H,22,24,25). The van der Waals surface area contributed by atoms with Crippen LogP contribution in [0.2, 0.25) is 0 Å². The number of nitrogens with zero attached hydrogens (tertiary/aromatic N) is 2. The van der Waals surface area contributed by atoms with Gasteiger partial charge in [0.25, 0.3) is 5.91 Å². The molecule has 2 aromatic heterocycles. The Balaban J connectivity index is 1.54. The van der Waals surface area contributed by atoms with Crippen molar-refractivity contribution in [2.24, 2.45) is 0 Å². The minimum absolute atomic E-state index is 0.0796. The zero-order valence-electron chi connectivity index (χ0n) is 15.4. The van der Waals surface area contributed by atoms with Crippen molar-refractivity contribution in [3.8, 4) is 11.4 Å². The number of hydrogen-bond donors (Lipinski definition) is 2. The van der Waals surface area contributed by atoms with E-state index in [1.165, 1.54) is 0 Å². The average molecular weight is 378 g/mol. The van der Waals surface area contributed by atoms with Crippen molar-refractivity contribution in [1.29, 1.82) is 0 Å². The van der Waals surface area contributed by atoms with E-state index < -0.39 is 0 Å². The highest BCUT2D eigenvalue weighted by molar-refractivity contribution is 5.93. The molecule has 28 heavy (non-hydrogen) atoms. The van der Waals surface area contributed by atoms with Crippen LogP contribution in [0.25, 0.3) is 11.4 Å². The molecule has 1 unspecified atom stereocenters. The number of carbonyl (C=O) groups excluding carboxylic acids is 1. The summed E-state index contributed by atoms with van der Waals surface area (Å²) in [6.07, 6.45) is 3.70. The first-order valence-electron chi connectivity index (χ1n) is 9.38. The molecule has 7 nitrogen and oxygen atoms in total. The molecule has 0 aliphatic carbocycles. The van der Waals surface area contributed by atoms with Crippen LogP contribution in [-0.4, -0.2) is 35.1 Å². The first-order valence-corrected chi connectivity index (χ1v) is 9.38. The number of furan rings is 1. The van der Waals surface area contributed by atoms with Crippen molar-refractivity contribution in [3.05, 3.63) is 66.2 Å². The summed E-state index contributed by atoms with van der Waals surface area (Å²) in [7, 11) is 0. The monoisotopic (exact) mass is 378 g/mol. The Hall–Kier alpha value is -3.19. The smallest absolute Gasteiger partial charge is 0.270 e. The van der Waals surface area contributed by atoms with Crippen LogP contribution in [-0.2, 0) is 11.3 Å². The topological polar surface area (TPSA) is 89.3 Å². The van der Waals surface area contributed by atoms with E-state index in [0.29, 0.717) is 30.4 Å². The van der Waals surface area contributed by atoms with Gasteiger partial charge in [0.05, 0.1) is 18.9 Å². The van der Waals surface area contributed by atoms with Gasteiger partial charge < -0.3 is 19.8 Å². The Bertz CT molecular complexity index is 907. The van der Waals surface area contributed by atoms with Crippen LogP contribution in [0.4, 0.5) is 5.82 Å². The number of nitrogens with one attached hydrogen (secondary N) is 2. The summed E-state index contributed by atoms with van der Waals surface area (Å²) in [6.45, 7) is 1.71. The number of ether oxygens (including phenoxy) is 1. The Morgan fingerprint density at radius 1 is 1.14 bits per heavy atom. The van der Waals surface area contributed by atoms with Gasteiger partial charge in [-0.05, 0) is 25.0 Å². The molecule has 1 aliphatic heterocycles. The van der Waals surface area contributed by atoms with E-state index >= 15 is 0 Å². The summed E-state index contributed by atoms with van der Waals surface area (Å²) >= 11 is 0. The lowest BCUT2D eigenvalue weighted by Crippen LogP contribution is -2.32. The predicted molar refractivity (Wildman–Crippen MR) is 105 cm³/mol. The molecule has 3 aromatic rings. The largest absolute Gasteiger partial charge is 0.467 e. The summed E-state index contributed by atoms with van der Waals surface area (Å²) in [4.78, 5) is 21.7. The second-order valence-electron chi connectivity index (χ2n) is 6.61. The second kappa shape index (κ2) is 8.67. The summed E-state index contributed by atoms with van der Waals surface area (Å²) in [5.41, 5.74) is 1.16. The van der Waals surface area contributed by atoms with Gasteiger partial charge >= 0.3 is 0 Å². The van der Waals surface area contributed by atoms with Gasteiger partial charge in [-0.1, -0.05) is 30.3 Å². The maximum Gasteiger partial charge on any atom is 0.270 e. The summed E-state index contributed by atoms with van der Waals surface area (Å²) in [5, 5.41) is 6.12. The fraction of sp³-hybridized carbons (Fsp3) is 0.286. The van der Waals surface area contributed by atoms with Crippen LogP contribution in [0.15, 0.2) is 59.2 Å². The fourth-order valence-corrected chi connectivity index (χ4v) is 3.06. The second-order valence-corrected chi connectivity index (χ2v) is 6.61.